The first-order valence-electron chi connectivity index (χ1n) is 3.94. The van der Waals surface area contributed by atoms with E-state index < -0.39 is 10.0 Å². The summed E-state index contributed by atoms with van der Waals surface area (Å²) in [6.07, 6.45) is 0. The second kappa shape index (κ2) is 3.47. The van der Waals surface area contributed by atoms with Gasteiger partial charge in [-0.15, -0.1) is 0 Å². The fourth-order valence-corrected chi connectivity index (χ4v) is 1.82. The van der Waals surface area contributed by atoms with Gasteiger partial charge in [-0.05, 0) is 19.1 Å². The smallest absolute Gasteiger partial charge is 0.207 e. The molecule has 0 amide bonds. The summed E-state index contributed by atoms with van der Waals surface area (Å²) in [4.78, 5) is 0.336. The first-order valence-corrected chi connectivity index (χ1v) is 5.38. The van der Waals surface area contributed by atoms with Crippen molar-refractivity contribution in [3.8, 4) is 0 Å². The summed E-state index contributed by atoms with van der Waals surface area (Å²) < 4.78 is 24.3. The summed E-state index contributed by atoms with van der Waals surface area (Å²) >= 11 is 0. The first kappa shape index (κ1) is 10.2. The SMILES string of the molecule is Cc1ccc(S(=O)(=O)N([13CH3])[13CH3])cc1. The molecule has 4 heteroatoms. The Morgan fingerprint density at radius 1 is 1.08 bits per heavy atom. The zero-order chi connectivity index (χ0) is 10.1. The average molecular weight is 201 g/mol. The maximum Gasteiger partial charge on any atom is 0.242 e. The van der Waals surface area contributed by atoms with Crippen LogP contribution in [0.3, 0.4) is 0 Å². The zero-order valence-corrected chi connectivity index (χ0v) is 8.80. The molecule has 0 aromatic heterocycles. The van der Waals surface area contributed by atoms with Gasteiger partial charge in [-0.25, -0.2) is 12.7 Å². The summed E-state index contributed by atoms with van der Waals surface area (Å²) in [5.74, 6) is 0. The van der Waals surface area contributed by atoms with Crippen LogP contribution in [0.2, 0.25) is 0 Å². The van der Waals surface area contributed by atoms with E-state index in [0.29, 0.717) is 4.90 Å². The lowest BCUT2D eigenvalue weighted by Crippen LogP contribution is -2.22. The molecule has 0 atom stereocenters. The monoisotopic (exact) mass is 201 g/mol. The van der Waals surface area contributed by atoms with Gasteiger partial charge in [0.1, 0.15) is 0 Å². The molecular formula is C9H13NO2S. The largest absolute Gasteiger partial charge is 0.242 e. The topological polar surface area (TPSA) is 37.4 Å². The standard InChI is InChI=1S/C9H13NO2S/c1-8-4-6-9(7-5-8)13(11,12)10(2)3/h4-7H,1-3H3/i2+1,3+1. The van der Waals surface area contributed by atoms with Gasteiger partial charge in [0, 0.05) is 14.1 Å². The molecule has 3 nitrogen and oxygen atoms in total. The summed E-state index contributed by atoms with van der Waals surface area (Å²) in [6.45, 7) is 1.92. The number of benzene rings is 1. The molecule has 0 unspecified atom stereocenters. The van der Waals surface area contributed by atoms with Crippen molar-refractivity contribution < 1.29 is 8.42 Å². The van der Waals surface area contributed by atoms with Gasteiger partial charge in [0.25, 0.3) is 0 Å². The predicted octanol–water partition coefficient (Wildman–Crippen LogP) is 1.25. The van der Waals surface area contributed by atoms with Crippen LogP contribution in [-0.4, -0.2) is 26.8 Å². The molecule has 0 spiro atoms. The minimum atomic E-state index is -3.26. The third kappa shape index (κ3) is 2.08. The van der Waals surface area contributed by atoms with E-state index >= 15 is 0 Å². The molecule has 1 aromatic carbocycles. The van der Waals surface area contributed by atoms with Crippen LogP contribution in [0.4, 0.5) is 0 Å². The van der Waals surface area contributed by atoms with Gasteiger partial charge >= 0.3 is 0 Å². The van der Waals surface area contributed by atoms with Gasteiger partial charge in [0.05, 0.1) is 4.90 Å². The van der Waals surface area contributed by atoms with Crippen LogP contribution in [0.5, 0.6) is 0 Å². The lowest BCUT2D eigenvalue weighted by Gasteiger charge is -2.10. The Morgan fingerprint density at radius 2 is 1.54 bits per heavy atom. The van der Waals surface area contributed by atoms with E-state index in [9.17, 15) is 8.42 Å². The van der Waals surface area contributed by atoms with Crippen LogP contribution in [-0.2, 0) is 10.0 Å². The molecule has 0 saturated carbocycles. The van der Waals surface area contributed by atoms with E-state index in [0.717, 1.165) is 5.56 Å². The minimum absolute atomic E-state index is 0.336. The minimum Gasteiger partial charge on any atom is -0.207 e. The maximum atomic E-state index is 11.6. The number of nitrogens with zero attached hydrogens (tertiary/aromatic N) is 1. The fraction of sp³-hybridized carbons (Fsp3) is 0.333. The lowest BCUT2D eigenvalue weighted by molar-refractivity contribution is 0.521. The average Bonchev–Trinajstić information content (AvgIpc) is 2.04. The molecule has 1 aromatic rings. The molecular weight excluding hydrogens is 188 g/mol. The molecule has 0 N–H and O–H groups in total. The van der Waals surface area contributed by atoms with Crippen LogP contribution in [0.15, 0.2) is 29.2 Å². The van der Waals surface area contributed by atoms with Gasteiger partial charge in [-0.2, -0.15) is 0 Å². The van der Waals surface area contributed by atoms with Crippen molar-refractivity contribution in [2.24, 2.45) is 0 Å². The van der Waals surface area contributed by atoms with E-state index in [-0.39, 0.29) is 0 Å². The highest BCUT2D eigenvalue weighted by atomic mass is 32.2. The first-order chi connectivity index (χ1) is 5.94. The Morgan fingerprint density at radius 3 is 1.92 bits per heavy atom. The molecule has 0 fully saturated rings. The van der Waals surface area contributed by atoms with E-state index in [1.54, 1.807) is 24.3 Å². The van der Waals surface area contributed by atoms with Crippen LogP contribution in [0.1, 0.15) is 5.56 Å². The summed E-state index contributed by atoms with van der Waals surface area (Å²) in [6, 6.07) is 6.81. The second-order valence-electron chi connectivity index (χ2n) is 3.10. The Hall–Kier alpha value is -0.870. The van der Waals surface area contributed by atoms with Crippen molar-refractivity contribution in [3.63, 3.8) is 0 Å². The van der Waals surface area contributed by atoms with E-state index in [1.807, 2.05) is 6.92 Å². The van der Waals surface area contributed by atoms with Crippen LogP contribution < -0.4 is 0 Å². The fourth-order valence-electron chi connectivity index (χ4n) is 0.921. The second-order valence-corrected chi connectivity index (χ2v) is 5.25. The van der Waals surface area contributed by atoms with Crippen molar-refractivity contribution in [2.45, 2.75) is 11.8 Å². The van der Waals surface area contributed by atoms with Gasteiger partial charge in [0.15, 0.2) is 0 Å². The predicted molar refractivity (Wildman–Crippen MR) is 52.1 cm³/mol. The van der Waals surface area contributed by atoms with Gasteiger partial charge in [-0.3, -0.25) is 0 Å². The van der Waals surface area contributed by atoms with Crippen molar-refractivity contribution in [2.75, 3.05) is 14.1 Å². The van der Waals surface area contributed by atoms with Crippen molar-refractivity contribution in [1.82, 2.24) is 4.31 Å². The zero-order valence-electron chi connectivity index (χ0n) is 7.98. The van der Waals surface area contributed by atoms with Crippen molar-refractivity contribution >= 4 is 10.0 Å². The molecule has 0 aliphatic heterocycles. The van der Waals surface area contributed by atoms with Gasteiger partial charge in [0.2, 0.25) is 10.0 Å². The number of hydrogen-bond acceptors (Lipinski definition) is 2. The molecule has 72 valence electrons. The Bertz CT molecular complexity index is 379. The highest BCUT2D eigenvalue weighted by Gasteiger charge is 2.15. The van der Waals surface area contributed by atoms with E-state index in [4.69, 9.17) is 0 Å². The highest BCUT2D eigenvalue weighted by molar-refractivity contribution is 7.89. The van der Waals surface area contributed by atoms with E-state index in [2.05, 4.69) is 0 Å². The molecule has 1 rings (SSSR count). The molecule has 13 heavy (non-hydrogen) atoms. The quantitative estimate of drug-likeness (QED) is 0.675. The summed E-state index contributed by atoms with van der Waals surface area (Å²) in [5.41, 5.74) is 1.05. The van der Waals surface area contributed by atoms with Gasteiger partial charge < -0.3 is 0 Å². The van der Waals surface area contributed by atoms with Crippen molar-refractivity contribution in [3.05, 3.63) is 29.8 Å². The number of aryl methyl sites for hydroxylation is 1. The Balaban J connectivity index is 3.17. The lowest BCUT2D eigenvalue weighted by atomic mass is 10.2. The molecule has 0 bridgehead atoms. The summed E-state index contributed by atoms with van der Waals surface area (Å²) in [5, 5.41) is 0. The van der Waals surface area contributed by atoms with Gasteiger partial charge in [-0.1, -0.05) is 17.7 Å². The third-order valence-corrected chi connectivity index (χ3v) is 3.63. The highest BCUT2D eigenvalue weighted by Crippen LogP contribution is 2.12. The Kier molecular flexibility index (Phi) is 2.73. The number of hydrogen-bond donors (Lipinski definition) is 0. The van der Waals surface area contributed by atoms with Crippen molar-refractivity contribution in [1.29, 1.82) is 0 Å². The number of sulfonamides is 1. The van der Waals surface area contributed by atoms with Crippen LogP contribution in [0, 0.1) is 6.92 Å². The van der Waals surface area contributed by atoms with Crippen LogP contribution >= 0.6 is 0 Å². The molecule has 0 aliphatic carbocycles. The molecule has 0 saturated heterocycles. The molecule has 0 radical (unpaired) electrons. The van der Waals surface area contributed by atoms with E-state index in [1.165, 1.54) is 18.4 Å². The normalized spacial score (nSPS) is 12.0. The van der Waals surface area contributed by atoms with Crippen LogP contribution in [0.25, 0.3) is 0 Å². The third-order valence-electron chi connectivity index (χ3n) is 1.80. The Labute approximate surface area is 79.0 Å². The number of rotatable bonds is 2. The molecule has 0 aliphatic rings. The molecule has 0 heterocycles. The maximum absolute atomic E-state index is 11.6. The summed E-state index contributed by atoms with van der Waals surface area (Å²) in [7, 11) is -0.214.